The van der Waals surface area contributed by atoms with Gasteiger partial charge in [-0.15, -0.1) is 0 Å². The quantitative estimate of drug-likeness (QED) is 0.559. The number of hydrogen-bond acceptors (Lipinski definition) is 7. The van der Waals surface area contributed by atoms with E-state index in [1.165, 1.54) is 17.0 Å². The molecule has 2 aliphatic rings. The van der Waals surface area contributed by atoms with E-state index in [0.29, 0.717) is 23.3 Å². The van der Waals surface area contributed by atoms with E-state index in [0.717, 1.165) is 18.4 Å². The van der Waals surface area contributed by atoms with Crippen LogP contribution in [0.25, 0.3) is 0 Å². The predicted octanol–water partition coefficient (Wildman–Crippen LogP) is 3.00. The number of carbonyl (C=O) groups is 1. The summed E-state index contributed by atoms with van der Waals surface area (Å²) in [4.78, 5) is 18.2. The van der Waals surface area contributed by atoms with Crippen LogP contribution < -0.4 is 14.4 Å². The fourth-order valence-electron chi connectivity index (χ4n) is 3.40. The van der Waals surface area contributed by atoms with Crippen LogP contribution in [-0.4, -0.2) is 31.1 Å². The molecule has 1 saturated carbocycles. The Kier molecular flexibility index (Phi) is 5.36. The summed E-state index contributed by atoms with van der Waals surface area (Å²) >= 11 is 6.33. The first-order valence-corrected chi connectivity index (χ1v) is 11.9. The van der Waals surface area contributed by atoms with Crippen LogP contribution in [-0.2, 0) is 27.9 Å². The van der Waals surface area contributed by atoms with Crippen molar-refractivity contribution in [3.8, 4) is 5.75 Å². The number of sulfonamides is 1. The summed E-state index contributed by atoms with van der Waals surface area (Å²) < 4.78 is 39.0. The van der Waals surface area contributed by atoms with Gasteiger partial charge in [0.1, 0.15) is 10.6 Å². The fourth-order valence-corrected chi connectivity index (χ4v) is 4.96. The molecule has 0 unspecified atom stereocenters. The van der Waals surface area contributed by atoms with E-state index >= 15 is 0 Å². The first-order valence-electron chi connectivity index (χ1n) is 10.0. The maximum Gasteiger partial charge on any atom is 0.265 e. The van der Waals surface area contributed by atoms with E-state index in [1.54, 1.807) is 0 Å². The smallest absolute Gasteiger partial charge is 0.265 e. The van der Waals surface area contributed by atoms with E-state index in [4.69, 9.17) is 20.9 Å². The van der Waals surface area contributed by atoms with Crippen LogP contribution in [0, 0.1) is 0 Å². The van der Waals surface area contributed by atoms with Gasteiger partial charge in [-0.3, -0.25) is 9.69 Å². The topological polar surface area (TPSA) is 115 Å². The van der Waals surface area contributed by atoms with Gasteiger partial charge in [-0.25, -0.2) is 13.1 Å². The minimum absolute atomic E-state index is 0.0283. The lowest BCUT2D eigenvalue weighted by atomic mass is 10.2. The number of ether oxygens (including phenoxy) is 1. The highest BCUT2D eigenvalue weighted by atomic mass is 35.5. The third-order valence-corrected chi connectivity index (χ3v) is 7.13. The Morgan fingerprint density at radius 2 is 1.97 bits per heavy atom. The largest absolute Gasteiger partial charge is 0.482 e. The molecule has 166 valence electrons. The molecule has 1 aliphatic carbocycles. The van der Waals surface area contributed by atoms with Gasteiger partial charge in [0.15, 0.2) is 12.4 Å². The van der Waals surface area contributed by atoms with Crippen LogP contribution >= 0.6 is 11.6 Å². The van der Waals surface area contributed by atoms with Crippen molar-refractivity contribution >= 4 is 33.2 Å². The summed E-state index contributed by atoms with van der Waals surface area (Å²) in [6, 6.07) is 11.9. The zero-order valence-corrected chi connectivity index (χ0v) is 18.4. The van der Waals surface area contributed by atoms with Gasteiger partial charge in [-0.2, -0.15) is 4.98 Å². The number of hydrogen-bond donors (Lipinski definition) is 1. The predicted molar refractivity (Wildman–Crippen MR) is 115 cm³/mol. The summed E-state index contributed by atoms with van der Waals surface area (Å²) in [5.74, 6) is 1.16. The highest BCUT2D eigenvalue weighted by molar-refractivity contribution is 7.89. The molecule has 1 aromatic heterocycles. The summed E-state index contributed by atoms with van der Waals surface area (Å²) in [5.41, 5.74) is 1.16. The van der Waals surface area contributed by atoms with E-state index in [2.05, 4.69) is 14.9 Å². The molecule has 9 nitrogen and oxygen atoms in total. The Labute approximate surface area is 189 Å². The van der Waals surface area contributed by atoms with Crippen molar-refractivity contribution in [1.82, 2.24) is 14.9 Å². The van der Waals surface area contributed by atoms with Gasteiger partial charge in [-0.1, -0.05) is 47.1 Å². The lowest BCUT2D eigenvalue weighted by Gasteiger charge is -2.29. The zero-order valence-electron chi connectivity index (χ0n) is 16.8. The van der Waals surface area contributed by atoms with Crippen LogP contribution in [0.2, 0.25) is 5.02 Å². The molecule has 0 spiro atoms. The molecule has 0 radical (unpaired) electrons. The molecule has 1 fully saturated rings. The highest BCUT2D eigenvalue weighted by Crippen LogP contribution is 2.40. The van der Waals surface area contributed by atoms with Crippen molar-refractivity contribution in [3.05, 3.63) is 64.8 Å². The molecule has 1 amide bonds. The Balaban J connectivity index is 1.40. The Hall–Kier alpha value is -2.95. The number of rotatable bonds is 7. The van der Waals surface area contributed by atoms with Gasteiger partial charge in [0, 0.05) is 18.5 Å². The zero-order chi connectivity index (χ0) is 22.3. The Bertz CT molecular complexity index is 1270. The Morgan fingerprint density at radius 1 is 1.19 bits per heavy atom. The van der Waals surface area contributed by atoms with Crippen molar-refractivity contribution in [2.24, 2.45) is 0 Å². The summed E-state index contributed by atoms with van der Waals surface area (Å²) in [6.07, 6.45) is 2.04. The lowest BCUT2D eigenvalue weighted by molar-refractivity contribution is -0.121. The van der Waals surface area contributed by atoms with Crippen LogP contribution in [0.15, 0.2) is 51.9 Å². The Morgan fingerprint density at radius 3 is 2.72 bits per heavy atom. The van der Waals surface area contributed by atoms with Crippen molar-refractivity contribution in [3.63, 3.8) is 0 Å². The number of anilines is 1. The normalized spacial score (nSPS) is 16.0. The molecule has 3 aromatic rings. The molecule has 5 rings (SSSR count). The van der Waals surface area contributed by atoms with Crippen molar-refractivity contribution in [2.75, 3.05) is 11.5 Å². The first kappa shape index (κ1) is 20.9. The minimum Gasteiger partial charge on any atom is -0.482 e. The number of benzene rings is 2. The van der Waals surface area contributed by atoms with Gasteiger partial charge < -0.3 is 9.26 Å². The maximum atomic E-state index is 12.9. The number of halogens is 1. The van der Waals surface area contributed by atoms with Crippen molar-refractivity contribution in [2.45, 2.75) is 36.7 Å². The number of amides is 1. The molecule has 2 heterocycles. The second-order valence-electron chi connectivity index (χ2n) is 7.65. The average molecular weight is 475 g/mol. The first-order chi connectivity index (χ1) is 15.4. The molecule has 0 bridgehead atoms. The monoisotopic (exact) mass is 474 g/mol. The van der Waals surface area contributed by atoms with Gasteiger partial charge in [0.2, 0.25) is 15.9 Å². The minimum atomic E-state index is -3.92. The second kappa shape index (κ2) is 8.19. The van der Waals surface area contributed by atoms with E-state index in [-0.39, 0.29) is 41.3 Å². The standard InChI is InChI=1S/C21H19ClN4O5S/c22-15-8-16-17(9-18(15)32(28,29)23-10-13-4-2-1-3-5-13)30-12-20(27)26(16)11-19-24-21(31-25-19)14-6-7-14/h1-5,8-9,14,23H,6-7,10-12H2. The molecular formula is C21H19ClN4O5S. The molecule has 11 heteroatoms. The van der Waals surface area contributed by atoms with E-state index < -0.39 is 10.0 Å². The fraction of sp³-hybridized carbons (Fsp3) is 0.286. The molecule has 0 atom stereocenters. The van der Waals surface area contributed by atoms with Gasteiger partial charge >= 0.3 is 0 Å². The van der Waals surface area contributed by atoms with Crippen LogP contribution in [0.3, 0.4) is 0 Å². The molecule has 32 heavy (non-hydrogen) atoms. The summed E-state index contributed by atoms with van der Waals surface area (Å²) in [6.45, 7) is -0.0534. The highest BCUT2D eigenvalue weighted by Gasteiger charge is 2.33. The third kappa shape index (κ3) is 4.21. The van der Waals surface area contributed by atoms with Gasteiger partial charge in [-0.05, 0) is 24.5 Å². The summed E-state index contributed by atoms with van der Waals surface area (Å²) in [5, 5.41) is 3.92. The van der Waals surface area contributed by atoms with E-state index in [1.807, 2.05) is 30.3 Å². The lowest BCUT2D eigenvalue weighted by Crippen LogP contribution is -2.38. The molecule has 1 aliphatic heterocycles. The van der Waals surface area contributed by atoms with Crippen LogP contribution in [0.5, 0.6) is 5.75 Å². The third-order valence-electron chi connectivity index (χ3n) is 5.27. The van der Waals surface area contributed by atoms with E-state index in [9.17, 15) is 13.2 Å². The van der Waals surface area contributed by atoms with Crippen LogP contribution in [0.1, 0.15) is 36.0 Å². The van der Waals surface area contributed by atoms with Crippen molar-refractivity contribution < 1.29 is 22.5 Å². The molecular weight excluding hydrogens is 456 g/mol. The molecule has 2 aromatic carbocycles. The van der Waals surface area contributed by atoms with Gasteiger partial charge in [0.25, 0.3) is 5.91 Å². The SMILES string of the molecule is O=C1COc2cc(S(=O)(=O)NCc3ccccc3)c(Cl)cc2N1Cc1noc(C2CC2)n1. The van der Waals surface area contributed by atoms with Crippen LogP contribution in [0.4, 0.5) is 5.69 Å². The number of nitrogens with zero attached hydrogens (tertiary/aromatic N) is 3. The number of nitrogens with one attached hydrogen (secondary N) is 1. The average Bonchev–Trinajstić information content (AvgIpc) is 3.53. The molecule has 0 saturated heterocycles. The number of fused-ring (bicyclic) bond motifs is 1. The van der Waals surface area contributed by atoms with Crippen molar-refractivity contribution in [1.29, 1.82) is 0 Å². The molecule has 1 N–H and O–H groups in total. The number of aromatic nitrogens is 2. The second-order valence-corrected chi connectivity index (χ2v) is 9.79. The number of carbonyl (C=O) groups excluding carboxylic acids is 1. The summed E-state index contributed by atoms with van der Waals surface area (Å²) in [7, 11) is -3.92. The maximum absolute atomic E-state index is 12.9. The van der Waals surface area contributed by atoms with Gasteiger partial charge in [0.05, 0.1) is 17.3 Å².